The zero-order valence-electron chi connectivity index (χ0n) is 33.6. The minimum Gasteiger partial charge on any atom is -0.481 e. The van der Waals surface area contributed by atoms with Crippen molar-refractivity contribution in [2.45, 2.75) is 284 Å². The van der Waals surface area contributed by atoms with Crippen LogP contribution in [0.1, 0.15) is 284 Å². The third kappa shape index (κ3) is 39.9. The maximum Gasteiger partial charge on any atom is 0.306 e. The highest BCUT2D eigenvalue weighted by molar-refractivity contribution is 5.69. The summed E-state index contributed by atoms with van der Waals surface area (Å²) in [4.78, 5) is 11.8. The second-order valence-electron chi connectivity index (χ2n) is 16.0. The fourth-order valence-electron chi connectivity index (χ4n) is 7.68. The molecular formula is C46H92O2. The van der Waals surface area contributed by atoms with Crippen LogP contribution in [0.3, 0.4) is 0 Å². The van der Waals surface area contributed by atoms with Crippen LogP contribution in [0.2, 0.25) is 0 Å². The molecule has 0 heterocycles. The van der Waals surface area contributed by atoms with Gasteiger partial charge in [-0.2, -0.15) is 0 Å². The van der Waals surface area contributed by atoms with E-state index in [9.17, 15) is 9.90 Å². The molecule has 0 saturated heterocycles. The molecule has 288 valence electrons. The van der Waals surface area contributed by atoms with Crippen molar-refractivity contribution in [1.82, 2.24) is 0 Å². The first-order valence-corrected chi connectivity index (χ1v) is 22.9. The van der Waals surface area contributed by atoms with Crippen LogP contribution in [0.5, 0.6) is 0 Å². The summed E-state index contributed by atoms with van der Waals surface area (Å²) in [6.45, 7) is 4.59. The molecule has 0 saturated carbocycles. The van der Waals surface area contributed by atoms with Gasteiger partial charge in [0.05, 0.1) is 5.92 Å². The van der Waals surface area contributed by atoms with Gasteiger partial charge in [0.25, 0.3) is 0 Å². The van der Waals surface area contributed by atoms with Gasteiger partial charge in [-0.15, -0.1) is 0 Å². The highest BCUT2D eigenvalue weighted by atomic mass is 16.4. The normalized spacial score (nSPS) is 12.2. The number of hydrogen-bond donors (Lipinski definition) is 1. The molecule has 0 fully saturated rings. The molecular weight excluding hydrogens is 585 g/mol. The van der Waals surface area contributed by atoms with Gasteiger partial charge in [0, 0.05) is 0 Å². The van der Waals surface area contributed by atoms with Crippen LogP contribution < -0.4 is 0 Å². The fraction of sp³-hybridized carbons (Fsp3) is 0.978. The summed E-state index contributed by atoms with van der Waals surface area (Å²) >= 11 is 0. The lowest BCUT2D eigenvalue weighted by Crippen LogP contribution is -2.13. The van der Waals surface area contributed by atoms with Crippen molar-refractivity contribution < 1.29 is 9.90 Å². The first-order valence-electron chi connectivity index (χ1n) is 22.9. The number of carbonyl (C=O) groups is 1. The Morgan fingerprint density at radius 2 is 0.438 bits per heavy atom. The zero-order chi connectivity index (χ0) is 34.9. The van der Waals surface area contributed by atoms with Crippen molar-refractivity contribution >= 4 is 5.97 Å². The number of carboxylic acid groups (broad SMARTS) is 1. The van der Waals surface area contributed by atoms with E-state index in [-0.39, 0.29) is 5.92 Å². The van der Waals surface area contributed by atoms with Crippen LogP contribution in [0.4, 0.5) is 0 Å². The molecule has 0 rings (SSSR count). The molecule has 0 spiro atoms. The Morgan fingerprint density at radius 3 is 0.583 bits per heavy atom. The van der Waals surface area contributed by atoms with Gasteiger partial charge in [-0.3, -0.25) is 4.79 Å². The average Bonchev–Trinajstić information content (AvgIpc) is 3.08. The summed E-state index contributed by atoms with van der Waals surface area (Å²) < 4.78 is 0. The van der Waals surface area contributed by atoms with Crippen molar-refractivity contribution in [1.29, 1.82) is 0 Å². The summed E-state index contributed by atoms with van der Waals surface area (Å²) in [6, 6.07) is 0. The molecule has 0 aromatic carbocycles. The van der Waals surface area contributed by atoms with E-state index in [4.69, 9.17) is 0 Å². The third-order valence-electron chi connectivity index (χ3n) is 11.2. The summed E-state index contributed by atoms with van der Waals surface area (Å²) in [6.07, 6.45) is 57.6. The Balaban J connectivity index is 3.33. The molecule has 0 aliphatic heterocycles. The molecule has 0 bridgehead atoms. The number of rotatable bonds is 43. The SMILES string of the molecule is CCCCCCCCCCCCCCCCCCCCCCCCC(CCCCCCCCCCCCCCCCCCCC)C(=O)O. The van der Waals surface area contributed by atoms with Gasteiger partial charge >= 0.3 is 5.97 Å². The topological polar surface area (TPSA) is 37.3 Å². The van der Waals surface area contributed by atoms with Crippen molar-refractivity contribution in [3.05, 3.63) is 0 Å². The molecule has 2 nitrogen and oxygen atoms in total. The van der Waals surface area contributed by atoms with Gasteiger partial charge in [0.15, 0.2) is 0 Å². The summed E-state index contributed by atoms with van der Waals surface area (Å²) in [7, 11) is 0. The van der Waals surface area contributed by atoms with Crippen molar-refractivity contribution in [2.24, 2.45) is 5.92 Å². The van der Waals surface area contributed by atoms with Crippen LogP contribution in [0, 0.1) is 5.92 Å². The van der Waals surface area contributed by atoms with Gasteiger partial charge in [-0.05, 0) is 12.8 Å². The summed E-state index contributed by atoms with van der Waals surface area (Å²) in [5.74, 6) is -0.651. The van der Waals surface area contributed by atoms with Crippen LogP contribution >= 0.6 is 0 Å². The fourth-order valence-corrected chi connectivity index (χ4v) is 7.68. The standard InChI is InChI=1S/C46H92O2/c1-3-5-7-9-11-13-15-17-19-21-23-24-25-26-28-30-32-34-36-38-40-42-44-45(46(47)48)43-41-39-37-35-33-31-29-27-22-20-18-16-14-12-10-8-6-4-2/h45H,3-44H2,1-2H3,(H,47,48). The highest BCUT2D eigenvalue weighted by Crippen LogP contribution is 2.21. The lowest BCUT2D eigenvalue weighted by molar-refractivity contribution is -0.142. The molecule has 1 N–H and O–H groups in total. The second kappa shape index (κ2) is 42.6. The van der Waals surface area contributed by atoms with E-state index >= 15 is 0 Å². The first-order chi connectivity index (χ1) is 23.7. The quantitative estimate of drug-likeness (QED) is 0.0653. The lowest BCUT2D eigenvalue weighted by atomic mass is 9.94. The lowest BCUT2D eigenvalue weighted by Gasteiger charge is -2.12. The highest BCUT2D eigenvalue weighted by Gasteiger charge is 2.16. The summed E-state index contributed by atoms with van der Waals surface area (Å²) in [5.41, 5.74) is 0. The maximum absolute atomic E-state index is 11.8. The molecule has 2 heteroatoms. The van der Waals surface area contributed by atoms with Gasteiger partial charge in [-0.1, -0.05) is 271 Å². The smallest absolute Gasteiger partial charge is 0.306 e. The Labute approximate surface area is 304 Å². The Hall–Kier alpha value is -0.530. The van der Waals surface area contributed by atoms with E-state index in [0.29, 0.717) is 0 Å². The van der Waals surface area contributed by atoms with E-state index in [1.807, 2.05) is 0 Å². The van der Waals surface area contributed by atoms with E-state index in [2.05, 4.69) is 13.8 Å². The van der Waals surface area contributed by atoms with Crippen molar-refractivity contribution in [3.8, 4) is 0 Å². The average molecular weight is 677 g/mol. The Bertz CT molecular complexity index is 587. The predicted octanol–water partition coefficient (Wildman–Crippen LogP) is 17.1. The van der Waals surface area contributed by atoms with Crippen LogP contribution in [0.25, 0.3) is 0 Å². The van der Waals surface area contributed by atoms with Crippen LogP contribution in [0.15, 0.2) is 0 Å². The number of unbranched alkanes of at least 4 members (excludes halogenated alkanes) is 38. The molecule has 0 radical (unpaired) electrons. The van der Waals surface area contributed by atoms with Gasteiger partial charge in [0.1, 0.15) is 0 Å². The number of aliphatic carboxylic acids is 1. The van der Waals surface area contributed by atoms with Crippen molar-refractivity contribution in [3.63, 3.8) is 0 Å². The number of hydrogen-bond acceptors (Lipinski definition) is 1. The van der Waals surface area contributed by atoms with E-state index in [0.717, 1.165) is 25.7 Å². The minimum atomic E-state index is -0.550. The van der Waals surface area contributed by atoms with E-state index < -0.39 is 5.97 Å². The van der Waals surface area contributed by atoms with E-state index in [1.54, 1.807) is 0 Å². The molecule has 0 aromatic heterocycles. The van der Waals surface area contributed by atoms with Crippen molar-refractivity contribution in [2.75, 3.05) is 0 Å². The van der Waals surface area contributed by atoms with Gasteiger partial charge in [0.2, 0.25) is 0 Å². The van der Waals surface area contributed by atoms with Crippen LogP contribution in [-0.2, 0) is 4.79 Å². The zero-order valence-corrected chi connectivity index (χ0v) is 33.6. The molecule has 1 unspecified atom stereocenters. The van der Waals surface area contributed by atoms with Crippen LogP contribution in [-0.4, -0.2) is 11.1 Å². The number of carboxylic acids is 1. The Kier molecular flexibility index (Phi) is 42.2. The predicted molar refractivity (Wildman–Crippen MR) is 216 cm³/mol. The molecule has 0 aliphatic carbocycles. The largest absolute Gasteiger partial charge is 0.481 e. The second-order valence-corrected chi connectivity index (χ2v) is 16.0. The first kappa shape index (κ1) is 47.5. The molecule has 1 atom stereocenters. The monoisotopic (exact) mass is 677 g/mol. The summed E-state index contributed by atoms with van der Waals surface area (Å²) in [5, 5.41) is 9.69. The molecule has 0 aromatic rings. The third-order valence-corrected chi connectivity index (χ3v) is 11.2. The Morgan fingerprint density at radius 1 is 0.292 bits per heavy atom. The molecule has 48 heavy (non-hydrogen) atoms. The van der Waals surface area contributed by atoms with E-state index in [1.165, 1.54) is 244 Å². The minimum absolute atomic E-state index is 0.101. The van der Waals surface area contributed by atoms with Gasteiger partial charge in [-0.25, -0.2) is 0 Å². The molecule has 0 amide bonds. The maximum atomic E-state index is 11.8. The van der Waals surface area contributed by atoms with Gasteiger partial charge < -0.3 is 5.11 Å². The molecule has 0 aliphatic rings.